The summed E-state index contributed by atoms with van der Waals surface area (Å²) in [6, 6.07) is 4.50. The van der Waals surface area contributed by atoms with E-state index < -0.39 is 0 Å². The van der Waals surface area contributed by atoms with Crippen LogP contribution in [0.25, 0.3) is 0 Å². The van der Waals surface area contributed by atoms with Crippen LogP contribution in [0.1, 0.15) is 26.5 Å². The standard InChI is InChI=1S/C11H20N4/c1-5-15(4)11-7-6-10(13-14-11)8-12-9(2)3/h6-7,9,12H,5,8H2,1-4H3. The van der Waals surface area contributed by atoms with Gasteiger partial charge in [-0.15, -0.1) is 5.10 Å². The minimum atomic E-state index is 0.477. The molecule has 4 heteroatoms. The molecular formula is C11H20N4. The van der Waals surface area contributed by atoms with Crippen LogP contribution in [-0.2, 0) is 6.54 Å². The van der Waals surface area contributed by atoms with Crippen molar-refractivity contribution in [2.75, 3.05) is 18.5 Å². The molecule has 84 valence electrons. The van der Waals surface area contributed by atoms with Crippen LogP contribution in [0, 0.1) is 0 Å². The van der Waals surface area contributed by atoms with E-state index in [-0.39, 0.29) is 0 Å². The Kier molecular flexibility index (Phi) is 4.49. The first-order valence-corrected chi connectivity index (χ1v) is 5.40. The second-order valence-electron chi connectivity index (χ2n) is 3.93. The molecule has 0 radical (unpaired) electrons. The monoisotopic (exact) mass is 208 g/mol. The molecule has 0 spiro atoms. The number of aromatic nitrogens is 2. The fraction of sp³-hybridized carbons (Fsp3) is 0.636. The SMILES string of the molecule is CCN(C)c1ccc(CNC(C)C)nn1. The molecule has 0 aliphatic carbocycles. The Labute approximate surface area is 91.7 Å². The first kappa shape index (κ1) is 11.9. The molecule has 4 nitrogen and oxygen atoms in total. The molecule has 0 aliphatic heterocycles. The fourth-order valence-electron chi connectivity index (χ4n) is 1.12. The lowest BCUT2D eigenvalue weighted by atomic mass is 10.3. The van der Waals surface area contributed by atoms with Crippen molar-refractivity contribution in [2.45, 2.75) is 33.4 Å². The average molecular weight is 208 g/mol. The number of rotatable bonds is 5. The highest BCUT2D eigenvalue weighted by atomic mass is 15.2. The van der Waals surface area contributed by atoms with Crippen LogP contribution in [0.2, 0.25) is 0 Å². The van der Waals surface area contributed by atoms with E-state index in [0.717, 1.165) is 24.6 Å². The molecule has 1 rings (SSSR count). The molecule has 15 heavy (non-hydrogen) atoms. The Hall–Kier alpha value is -1.16. The van der Waals surface area contributed by atoms with E-state index in [1.807, 2.05) is 19.2 Å². The molecule has 1 aromatic rings. The smallest absolute Gasteiger partial charge is 0.150 e. The quantitative estimate of drug-likeness (QED) is 0.794. The highest BCUT2D eigenvalue weighted by Gasteiger charge is 2.01. The Morgan fingerprint density at radius 3 is 2.53 bits per heavy atom. The first-order chi connectivity index (χ1) is 7.13. The van der Waals surface area contributed by atoms with E-state index in [4.69, 9.17) is 0 Å². The van der Waals surface area contributed by atoms with Crippen LogP contribution >= 0.6 is 0 Å². The van der Waals surface area contributed by atoms with Crippen LogP contribution in [0.15, 0.2) is 12.1 Å². The van der Waals surface area contributed by atoms with Gasteiger partial charge in [0.05, 0.1) is 5.69 Å². The Morgan fingerprint density at radius 2 is 2.07 bits per heavy atom. The van der Waals surface area contributed by atoms with E-state index in [1.54, 1.807) is 0 Å². The molecule has 0 aromatic carbocycles. The maximum Gasteiger partial charge on any atom is 0.150 e. The summed E-state index contributed by atoms with van der Waals surface area (Å²) in [7, 11) is 2.01. The van der Waals surface area contributed by atoms with E-state index >= 15 is 0 Å². The van der Waals surface area contributed by atoms with Crippen molar-refractivity contribution >= 4 is 5.82 Å². The number of hydrogen-bond acceptors (Lipinski definition) is 4. The van der Waals surface area contributed by atoms with Gasteiger partial charge in [0.15, 0.2) is 5.82 Å². The Bertz CT molecular complexity index is 281. The van der Waals surface area contributed by atoms with E-state index in [2.05, 4.69) is 41.2 Å². The molecular weight excluding hydrogens is 188 g/mol. The topological polar surface area (TPSA) is 41.0 Å². The third-order valence-corrected chi connectivity index (χ3v) is 2.26. The average Bonchev–Trinajstić information content (AvgIpc) is 2.26. The minimum absolute atomic E-state index is 0.477. The summed E-state index contributed by atoms with van der Waals surface area (Å²) in [6.45, 7) is 8.05. The zero-order valence-electron chi connectivity index (χ0n) is 9.99. The number of hydrogen-bond donors (Lipinski definition) is 1. The zero-order chi connectivity index (χ0) is 11.3. The van der Waals surface area contributed by atoms with Crippen molar-refractivity contribution < 1.29 is 0 Å². The highest BCUT2D eigenvalue weighted by molar-refractivity contribution is 5.35. The maximum atomic E-state index is 4.17. The molecule has 1 heterocycles. The summed E-state index contributed by atoms with van der Waals surface area (Å²) in [5.41, 5.74) is 0.983. The summed E-state index contributed by atoms with van der Waals surface area (Å²) < 4.78 is 0. The van der Waals surface area contributed by atoms with Gasteiger partial charge in [0.25, 0.3) is 0 Å². The van der Waals surface area contributed by atoms with Gasteiger partial charge in [0, 0.05) is 26.2 Å². The second kappa shape index (κ2) is 5.66. The maximum absolute atomic E-state index is 4.17. The third-order valence-electron chi connectivity index (χ3n) is 2.26. The molecule has 0 bridgehead atoms. The van der Waals surface area contributed by atoms with Crippen molar-refractivity contribution in [1.29, 1.82) is 0 Å². The third kappa shape index (κ3) is 3.83. The van der Waals surface area contributed by atoms with Crippen molar-refractivity contribution in [3.63, 3.8) is 0 Å². The molecule has 1 N–H and O–H groups in total. The van der Waals surface area contributed by atoms with Gasteiger partial charge in [-0.3, -0.25) is 0 Å². The molecule has 0 atom stereocenters. The normalized spacial score (nSPS) is 10.7. The van der Waals surface area contributed by atoms with Crippen LogP contribution in [-0.4, -0.2) is 29.8 Å². The summed E-state index contributed by atoms with van der Waals surface area (Å²) in [5.74, 6) is 0.922. The van der Waals surface area contributed by atoms with Gasteiger partial charge < -0.3 is 10.2 Å². The molecule has 1 aromatic heterocycles. The fourth-order valence-corrected chi connectivity index (χ4v) is 1.12. The summed E-state index contributed by atoms with van der Waals surface area (Å²) in [5, 5.41) is 11.6. The largest absolute Gasteiger partial charge is 0.358 e. The van der Waals surface area contributed by atoms with Crippen molar-refractivity contribution in [3.8, 4) is 0 Å². The molecule has 0 unspecified atom stereocenters. The van der Waals surface area contributed by atoms with Crippen molar-refractivity contribution in [1.82, 2.24) is 15.5 Å². The van der Waals surface area contributed by atoms with E-state index in [1.165, 1.54) is 0 Å². The van der Waals surface area contributed by atoms with Crippen molar-refractivity contribution in [2.24, 2.45) is 0 Å². The lowest BCUT2D eigenvalue weighted by molar-refractivity contribution is 0.577. The number of nitrogens with one attached hydrogen (secondary N) is 1. The van der Waals surface area contributed by atoms with Crippen LogP contribution in [0.5, 0.6) is 0 Å². The van der Waals surface area contributed by atoms with Crippen LogP contribution in [0.3, 0.4) is 0 Å². The Balaban J connectivity index is 2.56. The first-order valence-electron chi connectivity index (χ1n) is 5.40. The predicted molar refractivity (Wildman–Crippen MR) is 63.0 cm³/mol. The second-order valence-corrected chi connectivity index (χ2v) is 3.93. The number of nitrogens with zero attached hydrogens (tertiary/aromatic N) is 3. The number of anilines is 1. The summed E-state index contributed by atoms with van der Waals surface area (Å²) in [4.78, 5) is 2.06. The summed E-state index contributed by atoms with van der Waals surface area (Å²) in [6.07, 6.45) is 0. The molecule has 0 saturated heterocycles. The lowest BCUT2D eigenvalue weighted by Gasteiger charge is -2.14. The Morgan fingerprint density at radius 1 is 1.33 bits per heavy atom. The molecule has 0 aliphatic rings. The molecule has 0 amide bonds. The highest BCUT2D eigenvalue weighted by Crippen LogP contribution is 2.06. The van der Waals surface area contributed by atoms with Crippen molar-refractivity contribution in [3.05, 3.63) is 17.8 Å². The van der Waals surface area contributed by atoms with Crippen LogP contribution in [0.4, 0.5) is 5.82 Å². The van der Waals surface area contributed by atoms with E-state index in [0.29, 0.717) is 6.04 Å². The van der Waals surface area contributed by atoms with Gasteiger partial charge in [-0.05, 0) is 19.1 Å². The zero-order valence-corrected chi connectivity index (χ0v) is 9.99. The van der Waals surface area contributed by atoms with Gasteiger partial charge in [-0.2, -0.15) is 5.10 Å². The summed E-state index contributed by atoms with van der Waals surface area (Å²) >= 11 is 0. The minimum Gasteiger partial charge on any atom is -0.358 e. The van der Waals surface area contributed by atoms with E-state index in [9.17, 15) is 0 Å². The van der Waals surface area contributed by atoms with Gasteiger partial charge in [-0.1, -0.05) is 13.8 Å². The lowest BCUT2D eigenvalue weighted by Crippen LogP contribution is -2.23. The van der Waals surface area contributed by atoms with Gasteiger partial charge in [0.2, 0.25) is 0 Å². The van der Waals surface area contributed by atoms with Gasteiger partial charge in [0.1, 0.15) is 0 Å². The molecule has 0 fully saturated rings. The molecule has 0 saturated carbocycles. The van der Waals surface area contributed by atoms with Gasteiger partial charge >= 0.3 is 0 Å². The van der Waals surface area contributed by atoms with Gasteiger partial charge in [-0.25, -0.2) is 0 Å². The van der Waals surface area contributed by atoms with Crippen LogP contribution < -0.4 is 10.2 Å². The predicted octanol–water partition coefficient (Wildman–Crippen LogP) is 1.43.